The second kappa shape index (κ2) is 5.45. The molecule has 18 heavy (non-hydrogen) atoms. The van der Waals surface area contributed by atoms with Crippen LogP contribution in [0.2, 0.25) is 0 Å². The average molecular weight is 241 g/mol. The Bertz CT molecular complexity index is 547. The summed E-state index contributed by atoms with van der Waals surface area (Å²) < 4.78 is 5.38. The van der Waals surface area contributed by atoms with Gasteiger partial charge in [0.25, 0.3) is 0 Å². The minimum absolute atomic E-state index is 0.0379. The maximum absolute atomic E-state index is 12.2. The number of aryl methyl sites for hydroxylation is 1. The average Bonchev–Trinajstić information content (AvgIpc) is 2.39. The van der Waals surface area contributed by atoms with Crippen molar-refractivity contribution in [3.05, 3.63) is 59.4 Å². The number of ketones is 1. The number of nitrogens with zero attached hydrogens (tertiary/aromatic N) is 1. The Kier molecular flexibility index (Phi) is 3.72. The Morgan fingerprint density at radius 3 is 2.72 bits per heavy atom. The summed E-state index contributed by atoms with van der Waals surface area (Å²) in [6.07, 6.45) is 1.60. The van der Waals surface area contributed by atoms with Crippen LogP contribution in [0.5, 0.6) is 5.75 Å². The summed E-state index contributed by atoms with van der Waals surface area (Å²) >= 11 is 0. The molecule has 1 aromatic carbocycles. The van der Waals surface area contributed by atoms with Crippen molar-refractivity contribution in [1.82, 2.24) is 4.98 Å². The molecule has 0 atom stereocenters. The van der Waals surface area contributed by atoms with Crippen LogP contribution in [-0.2, 0) is 0 Å². The highest BCUT2D eigenvalue weighted by molar-refractivity contribution is 6.08. The van der Waals surface area contributed by atoms with Crippen molar-refractivity contribution in [2.24, 2.45) is 0 Å². The minimum atomic E-state index is -0.0379. The summed E-state index contributed by atoms with van der Waals surface area (Å²) in [5.41, 5.74) is 2.11. The summed E-state index contributed by atoms with van der Waals surface area (Å²) in [6, 6.07) is 10.8. The molecule has 0 bridgehead atoms. The van der Waals surface area contributed by atoms with Gasteiger partial charge in [-0.15, -0.1) is 0 Å². The van der Waals surface area contributed by atoms with Gasteiger partial charge in [0.05, 0.1) is 6.61 Å². The monoisotopic (exact) mass is 241 g/mol. The van der Waals surface area contributed by atoms with E-state index >= 15 is 0 Å². The molecular weight excluding hydrogens is 226 g/mol. The van der Waals surface area contributed by atoms with Crippen LogP contribution < -0.4 is 4.74 Å². The second-order valence-electron chi connectivity index (χ2n) is 3.98. The first-order chi connectivity index (χ1) is 8.70. The maximum atomic E-state index is 12.2. The van der Waals surface area contributed by atoms with Gasteiger partial charge in [0.2, 0.25) is 0 Å². The van der Waals surface area contributed by atoms with Gasteiger partial charge in [-0.3, -0.25) is 9.78 Å². The lowest BCUT2D eigenvalue weighted by Gasteiger charge is -2.05. The Morgan fingerprint density at radius 2 is 2.06 bits per heavy atom. The van der Waals surface area contributed by atoms with Crippen molar-refractivity contribution >= 4 is 5.78 Å². The van der Waals surface area contributed by atoms with Gasteiger partial charge in [-0.2, -0.15) is 0 Å². The molecule has 1 heterocycles. The molecule has 0 aliphatic heterocycles. The first kappa shape index (κ1) is 12.3. The molecule has 0 saturated heterocycles. The van der Waals surface area contributed by atoms with Gasteiger partial charge in [-0.1, -0.05) is 12.1 Å². The number of aromatic nitrogens is 1. The summed E-state index contributed by atoms with van der Waals surface area (Å²) in [6.45, 7) is 4.39. The van der Waals surface area contributed by atoms with E-state index in [0.29, 0.717) is 23.5 Å². The number of benzene rings is 1. The molecule has 2 rings (SSSR count). The van der Waals surface area contributed by atoms with Crippen molar-refractivity contribution in [3.63, 3.8) is 0 Å². The lowest BCUT2D eigenvalue weighted by atomic mass is 10.0. The van der Waals surface area contributed by atoms with E-state index in [1.165, 1.54) is 0 Å². The third-order valence-corrected chi connectivity index (χ3v) is 2.58. The Morgan fingerprint density at radius 1 is 1.22 bits per heavy atom. The molecule has 1 aromatic heterocycles. The fraction of sp³-hybridized carbons (Fsp3) is 0.200. The standard InChI is InChI=1S/C15H15NO2/c1-3-18-14-6-4-5-12(9-14)15(17)13-8-7-11(2)16-10-13/h4-10H,3H2,1-2H3. The van der Waals surface area contributed by atoms with Crippen LogP contribution in [0.1, 0.15) is 28.5 Å². The third kappa shape index (κ3) is 2.74. The van der Waals surface area contributed by atoms with Crippen molar-refractivity contribution in [2.75, 3.05) is 6.61 Å². The molecule has 2 aromatic rings. The van der Waals surface area contributed by atoms with Crippen molar-refractivity contribution in [1.29, 1.82) is 0 Å². The van der Waals surface area contributed by atoms with E-state index in [1.807, 2.05) is 32.0 Å². The lowest BCUT2D eigenvalue weighted by molar-refractivity contribution is 0.103. The quantitative estimate of drug-likeness (QED) is 0.772. The highest BCUT2D eigenvalue weighted by Crippen LogP contribution is 2.16. The lowest BCUT2D eigenvalue weighted by Crippen LogP contribution is -2.03. The van der Waals surface area contributed by atoms with Crippen LogP contribution in [0.3, 0.4) is 0 Å². The normalized spacial score (nSPS) is 10.1. The summed E-state index contributed by atoms with van der Waals surface area (Å²) in [7, 11) is 0. The van der Waals surface area contributed by atoms with E-state index in [4.69, 9.17) is 4.74 Å². The van der Waals surface area contributed by atoms with Gasteiger partial charge in [0.1, 0.15) is 5.75 Å². The molecule has 92 valence electrons. The van der Waals surface area contributed by atoms with E-state index in [1.54, 1.807) is 24.4 Å². The van der Waals surface area contributed by atoms with Gasteiger partial charge < -0.3 is 4.74 Å². The Balaban J connectivity index is 2.28. The number of carbonyl (C=O) groups is 1. The molecule has 0 aliphatic rings. The molecule has 0 N–H and O–H groups in total. The van der Waals surface area contributed by atoms with Gasteiger partial charge in [0.15, 0.2) is 5.78 Å². The number of rotatable bonds is 4. The highest BCUT2D eigenvalue weighted by Gasteiger charge is 2.09. The SMILES string of the molecule is CCOc1cccc(C(=O)c2ccc(C)nc2)c1. The molecule has 3 heteroatoms. The van der Waals surface area contributed by atoms with E-state index in [0.717, 1.165) is 5.69 Å². The second-order valence-corrected chi connectivity index (χ2v) is 3.98. The largest absolute Gasteiger partial charge is 0.494 e. The minimum Gasteiger partial charge on any atom is -0.494 e. The van der Waals surface area contributed by atoms with Crippen LogP contribution in [0.4, 0.5) is 0 Å². The van der Waals surface area contributed by atoms with Crippen LogP contribution in [0.25, 0.3) is 0 Å². The van der Waals surface area contributed by atoms with Gasteiger partial charge >= 0.3 is 0 Å². The Hall–Kier alpha value is -2.16. The first-order valence-corrected chi connectivity index (χ1v) is 5.91. The molecule has 0 spiro atoms. The molecular formula is C15H15NO2. The number of hydrogen-bond acceptors (Lipinski definition) is 3. The van der Waals surface area contributed by atoms with E-state index in [2.05, 4.69) is 4.98 Å². The van der Waals surface area contributed by atoms with Crippen LogP contribution in [0.15, 0.2) is 42.6 Å². The molecule has 0 fully saturated rings. The fourth-order valence-corrected chi connectivity index (χ4v) is 1.66. The van der Waals surface area contributed by atoms with E-state index in [-0.39, 0.29) is 5.78 Å². The Labute approximate surface area is 106 Å². The smallest absolute Gasteiger partial charge is 0.194 e. The van der Waals surface area contributed by atoms with E-state index in [9.17, 15) is 4.79 Å². The fourth-order valence-electron chi connectivity index (χ4n) is 1.66. The molecule has 0 radical (unpaired) electrons. The van der Waals surface area contributed by atoms with Crippen LogP contribution in [0, 0.1) is 6.92 Å². The predicted octanol–water partition coefficient (Wildman–Crippen LogP) is 3.02. The van der Waals surface area contributed by atoms with Crippen LogP contribution in [-0.4, -0.2) is 17.4 Å². The van der Waals surface area contributed by atoms with Crippen LogP contribution >= 0.6 is 0 Å². The molecule has 3 nitrogen and oxygen atoms in total. The number of carbonyl (C=O) groups excluding carboxylic acids is 1. The highest BCUT2D eigenvalue weighted by atomic mass is 16.5. The zero-order chi connectivity index (χ0) is 13.0. The van der Waals surface area contributed by atoms with Gasteiger partial charge in [-0.05, 0) is 38.1 Å². The van der Waals surface area contributed by atoms with Gasteiger partial charge in [-0.25, -0.2) is 0 Å². The predicted molar refractivity (Wildman–Crippen MR) is 70.0 cm³/mol. The molecule has 0 saturated carbocycles. The number of pyridine rings is 1. The van der Waals surface area contributed by atoms with E-state index < -0.39 is 0 Å². The zero-order valence-corrected chi connectivity index (χ0v) is 10.5. The summed E-state index contributed by atoms with van der Waals surface area (Å²) in [5, 5.41) is 0. The molecule has 0 unspecified atom stereocenters. The summed E-state index contributed by atoms with van der Waals surface area (Å²) in [5.74, 6) is 0.674. The van der Waals surface area contributed by atoms with Crippen molar-refractivity contribution < 1.29 is 9.53 Å². The van der Waals surface area contributed by atoms with Crippen molar-refractivity contribution in [3.8, 4) is 5.75 Å². The maximum Gasteiger partial charge on any atom is 0.194 e. The topological polar surface area (TPSA) is 39.2 Å². The molecule has 0 aliphatic carbocycles. The first-order valence-electron chi connectivity index (χ1n) is 5.91. The zero-order valence-electron chi connectivity index (χ0n) is 10.5. The van der Waals surface area contributed by atoms with Gasteiger partial charge in [0, 0.05) is 23.0 Å². The third-order valence-electron chi connectivity index (χ3n) is 2.58. The molecule has 0 amide bonds. The number of hydrogen-bond donors (Lipinski definition) is 0. The number of ether oxygens (including phenoxy) is 1. The van der Waals surface area contributed by atoms with Crippen molar-refractivity contribution in [2.45, 2.75) is 13.8 Å². The summed E-state index contributed by atoms with van der Waals surface area (Å²) in [4.78, 5) is 16.4.